The molecule has 100 valence electrons. The predicted octanol–water partition coefficient (Wildman–Crippen LogP) is -2.07. The zero-order valence-electron chi connectivity index (χ0n) is 9.21. The molecule has 1 aromatic heterocycles. The molecule has 2 heterocycles. The van der Waals surface area contributed by atoms with Gasteiger partial charge < -0.3 is 20.7 Å². The summed E-state index contributed by atoms with van der Waals surface area (Å²) in [6, 6.07) is 1.36. The van der Waals surface area contributed by atoms with Gasteiger partial charge in [0.15, 0.2) is 6.23 Å². The van der Waals surface area contributed by atoms with Crippen LogP contribution in [-0.2, 0) is 9.62 Å². The Balaban J connectivity index is 2.26. The highest BCUT2D eigenvalue weighted by Crippen LogP contribution is 2.28. The highest BCUT2D eigenvalue weighted by Gasteiger charge is 2.44. The predicted molar refractivity (Wildman–Crippen MR) is 57.4 cm³/mol. The summed E-state index contributed by atoms with van der Waals surface area (Å²) in [5.41, 5.74) is 4.62. The van der Waals surface area contributed by atoms with E-state index in [0.29, 0.717) is 0 Å². The standard InChI is InChI=1S/C9H13N3O6/c10-5-1-2-12(9(15)11-5)8-7(14)6(13)4(18-8)3-17-16/h1-2,4,6-8,13-14,16H,3H2,(H2,10,11,15). The highest BCUT2D eigenvalue weighted by molar-refractivity contribution is 5.23. The minimum absolute atomic E-state index is 0.0412. The molecule has 0 saturated carbocycles. The third-order valence-corrected chi connectivity index (χ3v) is 2.70. The maximum absolute atomic E-state index is 11.6. The first-order valence-corrected chi connectivity index (χ1v) is 5.17. The van der Waals surface area contributed by atoms with E-state index in [9.17, 15) is 15.0 Å². The van der Waals surface area contributed by atoms with E-state index < -0.39 is 30.2 Å². The van der Waals surface area contributed by atoms with E-state index in [0.717, 1.165) is 4.57 Å². The van der Waals surface area contributed by atoms with Crippen LogP contribution in [0.3, 0.4) is 0 Å². The van der Waals surface area contributed by atoms with Crippen molar-refractivity contribution in [2.24, 2.45) is 0 Å². The van der Waals surface area contributed by atoms with Crippen molar-refractivity contribution in [1.82, 2.24) is 9.55 Å². The number of anilines is 1. The molecule has 0 bridgehead atoms. The lowest BCUT2D eigenvalue weighted by Gasteiger charge is -2.16. The summed E-state index contributed by atoms with van der Waals surface area (Å²) in [4.78, 5) is 18.9. The third kappa shape index (κ3) is 2.21. The molecular weight excluding hydrogens is 246 g/mol. The Morgan fingerprint density at radius 1 is 1.50 bits per heavy atom. The maximum Gasteiger partial charge on any atom is 0.351 e. The van der Waals surface area contributed by atoms with E-state index in [1.54, 1.807) is 0 Å². The minimum Gasteiger partial charge on any atom is -0.387 e. The first-order chi connectivity index (χ1) is 8.54. The molecule has 0 spiro atoms. The summed E-state index contributed by atoms with van der Waals surface area (Å²) in [6.45, 7) is -0.328. The molecule has 0 radical (unpaired) electrons. The van der Waals surface area contributed by atoms with Crippen molar-refractivity contribution in [2.45, 2.75) is 24.5 Å². The van der Waals surface area contributed by atoms with Crippen molar-refractivity contribution in [3.63, 3.8) is 0 Å². The van der Waals surface area contributed by atoms with Gasteiger partial charge in [-0.05, 0) is 6.07 Å². The molecule has 1 aliphatic heterocycles. The average molecular weight is 259 g/mol. The fourth-order valence-electron chi connectivity index (χ4n) is 1.79. The molecule has 1 aliphatic rings. The second-order valence-electron chi connectivity index (χ2n) is 3.88. The summed E-state index contributed by atoms with van der Waals surface area (Å²) in [5.74, 6) is 0.0412. The van der Waals surface area contributed by atoms with Crippen molar-refractivity contribution in [3.8, 4) is 0 Å². The fraction of sp³-hybridized carbons (Fsp3) is 0.556. The van der Waals surface area contributed by atoms with Crippen LogP contribution in [0.25, 0.3) is 0 Å². The van der Waals surface area contributed by atoms with Gasteiger partial charge in [0.2, 0.25) is 0 Å². The molecule has 0 aliphatic carbocycles. The molecule has 0 amide bonds. The number of nitrogens with two attached hydrogens (primary N) is 1. The van der Waals surface area contributed by atoms with E-state index in [-0.39, 0.29) is 12.4 Å². The van der Waals surface area contributed by atoms with Gasteiger partial charge in [0.25, 0.3) is 0 Å². The topological polar surface area (TPSA) is 140 Å². The number of aliphatic hydroxyl groups is 2. The van der Waals surface area contributed by atoms with Crippen molar-refractivity contribution in [3.05, 3.63) is 22.7 Å². The maximum atomic E-state index is 11.6. The quantitative estimate of drug-likeness (QED) is 0.358. The highest BCUT2D eigenvalue weighted by atomic mass is 17.1. The molecule has 1 fully saturated rings. The molecule has 0 aromatic carbocycles. The summed E-state index contributed by atoms with van der Waals surface area (Å²) in [6.07, 6.45) is -3.38. The Labute approximate surface area is 101 Å². The van der Waals surface area contributed by atoms with Crippen LogP contribution in [0.1, 0.15) is 6.23 Å². The monoisotopic (exact) mass is 259 g/mol. The van der Waals surface area contributed by atoms with Gasteiger partial charge >= 0.3 is 5.69 Å². The van der Waals surface area contributed by atoms with E-state index >= 15 is 0 Å². The van der Waals surface area contributed by atoms with Crippen molar-refractivity contribution in [2.75, 3.05) is 12.3 Å². The number of nitrogens with zero attached hydrogens (tertiary/aromatic N) is 2. The first-order valence-electron chi connectivity index (χ1n) is 5.17. The first kappa shape index (κ1) is 12.9. The van der Waals surface area contributed by atoms with Crippen molar-refractivity contribution < 1.29 is 25.1 Å². The summed E-state index contributed by atoms with van der Waals surface area (Å²) in [7, 11) is 0. The van der Waals surface area contributed by atoms with Crippen LogP contribution in [0.4, 0.5) is 5.82 Å². The number of hydrogen-bond donors (Lipinski definition) is 4. The molecule has 1 aromatic rings. The number of aliphatic hydroxyl groups excluding tert-OH is 2. The van der Waals surface area contributed by atoms with Crippen LogP contribution in [0.5, 0.6) is 0 Å². The molecule has 2 rings (SSSR count). The van der Waals surface area contributed by atoms with Crippen molar-refractivity contribution in [1.29, 1.82) is 0 Å². The van der Waals surface area contributed by atoms with E-state index in [1.807, 2.05) is 0 Å². The number of ether oxygens (including phenoxy) is 1. The van der Waals surface area contributed by atoms with Gasteiger partial charge in [-0.25, -0.2) is 9.68 Å². The Hall–Kier alpha value is -1.52. The normalized spacial score (nSPS) is 31.7. The molecule has 4 atom stereocenters. The van der Waals surface area contributed by atoms with Gasteiger partial charge in [-0.1, -0.05) is 0 Å². The minimum atomic E-state index is -1.34. The van der Waals surface area contributed by atoms with E-state index in [4.69, 9.17) is 15.7 Å². The number of rotatable bonds is 3. The van der Waals surface area contributed by atoms with Crippen LogP contribution >= 0.6 is 0 Å². The van der Waals surface area contributed by atoms with Crippen LogP contribution < -0.4 is 11.4 Å². The number of aromatic nitrogens is 2. The Morgan fingerprint density at radius 2 is 2.22 bits per heavy atom. The van der Waals surface area contributed by atoms with Crippen LogP contribution in [-0.4, -0.2) is 49.9 Å². The van der Waals surface area contributed by atoms with Crippen LogP contribution in [0, 0.1) is 0 Å². The molecule has 4 unspecified atom stereocenters. The summed E-state index contributed by atoms with van der Waals surface area (Å²) < 4.78 is 6.23. The van der Waals surface area contributed by atoms with Gasteiger partial charge in [0.05, 0.1) is 0 Å². The Bertz CT molecular complexity index is 478. The van der Waals surface area contributed by atoms with Gasteiger partial charge in [-0.15, -0.1) is 0 Å². The molecule has 9 heteroatoms. The number of nitrogen functional groups attached to an aromatic ring is 1. The average Bonchev–Trinajstić information content (AvgIpc) is 2.58. The zero-order valence-corrected chi connectivity index (χ0v) is 9.21. The molecule has 18 heavy (non-hydrogen) atoms. The third-order valence-electron chi connectivity index (χ3n) is 2.70. The zero-order chi connectivity index (χ0) is 13.3. The van der Waals surface area contributed by atoms with E-state index in [2.05, 4.69) is 9.87 Å². The lowest BCUT2D eigenvalue weighted by molar-refractivity contribution is -0.264. The molecule has 9 nitrogen and oxygen atoms in total. The van der Waals surface area contributed by atoms with Gasteiger partial charge in [-0.3, -0.25) is 9.82 Å². The van der Waals surface area contributed by atoms with Crippen molar-refractivity contribution >= 4 is 5.82 Å². The van der Waals surface area contributed by atoms with Gasteiger partial charge in [-0.2, -0.15) is 4.98 Å². The molecule has 1 saturated heterocycles. The van der Waals surface area contributed by atoms with Gasteiger partial charge in [0.1, 0.15) is 30.7 Å². The lowest BCUT2D eigenvalue weighted by atomic mass is 10.1. The Morgan fingerprint density at radius 3 is 2.83 bits per heavy atom. The molecule has 5 N–H and O–H groups in total. The largest absolute Gasteiger partial charge is 0.387 e. The van der Waals surface area contributed by atoms with Gasteiger partial charge in [0, 0.05) is 6.20 Å². The SMILES string of the molecule is Nc1ccn(C2OC(COO)C(O)C2O)c(=O)n1. The molecular formula is C9H13N3O6. The lowest BCUT2D eigenvalue weighted by Crippen LogP contribution is -2.36. The second kappa shape index (κ2) is 5.00. The summed E-state index contributed by atoms with van der Waals surface area (Å²) in [5, 5.41) is 27.7. The Kier molecular flexibility index (Phi) is 3.59. The summed E-state index contributed by atoms with van der Waals surface area (Å²) >= 11 is 0. The van der Waals surface area contributed by atoms with E-state index in [1.165, 1.54) is 12.3 Å². The number of hydrogen-bond acceptors (Lipinski definition) is 8. The smallest absolute Gasteiger partial charge is 0.351 e. The second-order valence-corrected chi connectivity index (χ2v) is 3.88. The fourth-order valence-corrected chi connectivity index (χ4v) is 1.79. The van der Waals surface area contributed by atoms with Crippen LogP contribution in [0.2, 0.25) is 0 Å². The van der Waals surface area contributed by atoms with Crippen LogP contribution in [0.15, 0.2) is 17.1 Å².